The second-order valence-electron chi connectivity index (χ2n) is 4.47. The largest absolute Gasteiger partial charge is 0.388 e. The summed E-state index contributed by atoms with van der Waals surface area (Å²) in [4.78, 5) is 1.19. The first-order chi connectivity index (χ1) is 9.60. The molecule has 0 fully saturated rings. The average molecular weight is 311 g/mol. The monoisotopic (exact) mass is 310 g/mol. The van der Waals surface area contributed by atoms with Gasteiger partial charge in [-0.25, -0.2) is 4.39 Å². The Morgan fingerprint density at radius 3 is 2.50 bits per heavy atom. The minimum absolute atomic E-state index is 0.0874. The van der Waals surface area contributed by atoms with E-state index in [0.717, 1.165) is 16.9 Å². The maximum absolute atomic E-state index is 13.1. The maximum atomic E-state index is 13.1. The normalized spacial score (nSPS) is 12.4. The number of aliphatic hydroxyl groups is 1. The topological polar surface area (TPSA) is 20.2 Å². The summed E-state index contributed by atoms with van der Waals surface area (Å²) in [5, 5.41) is 10.3. The van der Waals surface area contributed by atoms with Crippen molar-refractivity contribution < 1.29 is 9.50 Å². The second-order valence-corrected chi connectivity index (χ2v) is 6.22. The minimum atomic E-state index is -0.614. The molecule has 20 heavy (non-hydrogen) atoms. The molecule has 4 heteroatoms. The Bertz CT molecular complexity index is 571. The summed E-state index contributed by atoms with van der Waals surface area (Å²) in [5.41, 5.74) is 1.67. The molecular weight excluding hydrogens is 295 g/mol. The van der Waals surface area contributed by atoms with Crippen molar-refractivity contribution >= 4 is 23.4 Å². The van der Waals surface area contributed by atoms with E-state index in [1.54, 1.807) is 23.9 Å². The summed E-state index contributed by atoms with van der Waals surface area (Å²) in [7, 11) is 0. The highest BCUT2D eigenvalue weighted by Gasteiger charge is 2.10. The van der Waals surface area contributed by atoms with E-state index in [1.807, 2.05) is 24.3 Å². The summed E-state index contributed by atoms with van der Waals surface area (Å²) < 4.78 is 13.1. The number of aliphatic hydroxyl groups excluding tert-OH is 1. The first kappa shape index (κ1) is 15.4. The van der Waals surface area contributed by atoms with Crippen LogP contribution in [0.15, 0.2) is 47.4 Å². The van der Waals surface area contributed by atoms with Gasteiger partial charge in [0.05, 0.1) is 11.1 Å². The van der Waals surface area contributed by atoms with Crippen LogP contribution >= 0.6 is 23.4 Å². The van der Waals surface area contributed by atoms with E-state index in [9.17, 15) is 9.50 Å². The van der Waals surface area contributed by atoms with Crippen LogP contribution in [0.25, 0.3) is 0 Å². The van der Waals surface area contributed by atoms with Crippen molar-refractivity contribution in [2.75, 3.05) is 5.75 Å². The average Bonchev–Trinajstić information content (AvgIpc) is 2.44. The number of rotatable bonds is 5. The molecule has 0 radical (unpaired) electrons. The van der Waals surface area contributed by atoms with Crippen LogP contribution < -0.4 is 0 Å². The van der Waals surface area contributed by atoms with Crippen molar-refractivity contribution in [2.45, 2.75) is 24.3 Å². The van der Waals surface area contributed by atoms with Gasteiger partial charge < -0.3 is 5.11 Å². The molecule has 0 saturated heterocycles. The molecule has 1 atom stereocenters. The zero-order chi connectivity index (χ0) is 14.5. The molecule has 0 aliphatic heterocycles. The van der Waals surface area contributed by atoms with Gasteiger partial charge >= 0.3 is 0 Å². The first-order valence-electron chi connectivity index (χ1n) is 6.45. The molecule has 0 aliphatic rings. The maximum Gasteiger partial charge on any atom is 0.141 e. The zero-order valence-electron chi connectivity index (χ0n) is 11.1. The summed E-state index contributed by atoms with van der Waals surface area (Å²) >= 11 is 7.50. The minimum Gasteiger partial charge on any atom is -0.388 e. The van der Waals surface area contributed by atoms with E-state index in [0.29, 0.717) is 6.42 Å². The molecule has 2 aromatic carbocycles. The van der Waals surface area contributed by atoms with Gasteiger partial charge in [-0.15, -0.1) is 11.8 Å². The molecule has 0 heterocycles. The fourth-order valence-corrected chi connectivity index (χ4v) is 2.83. The summed E-state index contributed by atoms with van der Waals surface area (Å²) in [5.74, 6) is 0.585. The summed E-state index contributed by atoms with van der Waals surface area (Å²) in [6, 6.07) is 12.4. The molecule has 2 aromatic rings. The number of thioether (sulfide) groups is 1. The number of halogens is 2. The van der Waals surface area contributed by atoms with E-state index in [4.69, 9.17) is 11.6 Å². The van der Waals surface area contributed by atoms with E-state index in [2.05, 4.69) is 6.92 Å². The lowest BCUT2D eigenvalue weighted by Crippen LogP contribution is -2.02. The van der Waals surface area contributed by atoms with Gasteiger partial charge in [0.15, 0.2) is 0 Å². The Kier molecular flexibility index (Phi) is 5.46. The molecule has 0 spiro atoms. The third-order valence-electron chi connectivity index (χ3n) is 2.99. The van der Waals surface area contributed by atoms with Crippen molar-refractivity contribution in [2.24, 2.45) is 0 Å². The van der Waals surface area contributed by atoms with Crippen LogP contribution in [0, 0.1) is 5.82 Å². The van der Waals surface area contributed by atoms with Crippen LogP contribution in [0.1, 0.15) is 24.2 Å². The van der Waals surface area contributed by atoms with Gasteiger partial charge in [0.25, 0.3) is 0 Å². The second kappa shape index (κ2) is 7.11. The third kappa shape index (κ3) is 3.98. The van der Waals surface area contributed by atoms with Crippen molar-refractivity contribution in [3.05, 3.63) is 64.4 Å². The Morgan fingerprint density at radius 1 is 1.20 bits per heavy atom. The molecule has 1 nitrogen and oxygen atoms in total. The van der Waals surface area contributed by atoms with Gasteiger partial charge in [-0.2, -0.15) is 0 Å². The Hall–Kier alpha value is -1.03. The van der Waals surface area contributed by atoms with Crippen molar-refractivity contribution in [3.63, 3.8) is 0 Å². The highest BCUT2D eigenvalue weighted by molar-refractivity contribution is 7.99. The molecular formula is C16H16ClFOS. The Balaban J connectivity index is 2.06. The molecule has 0 bridgehead atoms. The fourth-order valence-electron chi connectivity index (χ4n) is 1.96. The van der Waals surface area contributed by atoms with Gasteiger partial charge in [0, 0.05) is 11.3 Å². The molecule has 106 valence electrons. The molecule has 0 aromatic heterocycles. The number of hydrogen-bond donors (Lipinski definition) is 1. The number of benzene rings is 2. The lowest BCUT2D eigenvalue weighted by molar-refractivity contribution is 0.178. The van der Waals surface area contributed by atoms with Gasteiger partial charge in [-0.1, -0.05) is 36.7 Å². The van der Waals surface area contributed by atoms with Gasteiger partial charge in [0.1, 0.15) is 5.82 Å². The predicted molar refractivity (Wildman–Crippen MR) is 82.9 cm³/mol. The molecule has 2 rings (SSSR count). The SMILES string of the molecule is CCSc1ccc(C(O)Cc2ccc(F)c(Cl)c2)cc1. The Labute approximate surface area is 127 Å². The van der Waals surface area contributed by atoms with Gasteiger partial charge in [0.2, 0.25) is 0 Å². The lowest BCUT2D eigenvalue weighted by Gasteiger charge is -2.12. The van der Waals surface area contributed by atoms with Crippen LogP contribution in [0.5, 0.6) is 0 Å². The van der Waals surface area contributed by atoms with Crippen LogP contribution in [0.4, 0.5) is 4.39 Å². The van der Waals surface area contributed by atoms with E-state index in [-0.39, 0.29) is 5.02 Å². The van der Waals surface area contributed by atoms with Crippen molar-refractivity contribution in [1.29, 1.82) is 0 Å². The zero-order valence-corrected chi connectivity index (χ0v) is 12.7. The van der Waals surface area contributed by atoms with Crippen molar-refractivity contribution in [3.8, 4) is 0 Å². The fraction of sp³-hybridized carbons (Fsp3) is 0.250. The highest BCUT2D eigenvalue weighted by atomic mass is 35.5. The third-order valence-corrected chi connectivity index (χ3v) is 4.17. The molecule has 1 unspecified atom stereocenters. The summed E-state index contributed by atoms with van der Waals surface area (Å²) in [6.07, 6.45) is -0.197. The van der Waals surface area contributed by atoms with Gasteiger partial charge in [-0.3, -0.25) is 0 Å². The first-order valence-corrected chi connectivity index (χ1v) is 7.81. The van der Waals surface area contributed by atoms with E-state index < -0.39 is 11.9 Å². The van der Waals surface area contributed by atoms with E-state index >= 15 is 0 Å². The van der Waals surface area contributed by atoms with Crippen LogP contribution in [0.3, 0.4) is 0 Å². The van der Waals surface area contributed by atoms with Crippen LogP contribution in [-0.4, -0.2) is 10.9 Å². The van der Waals surface area contributed by atoms with Crippen LogP contribution in [-0.2, 0) is 6.42 Å². The standard InChI is InChI=1S/C16H16ClFOS/c1-2-20-13-6-4-12(5-7-13)16(19)10-11-3-8-15(18)14(17)9-11/h3-9,16,19H,2,10H2,1H3. The van der Waals surface area contributed by atoms with Crippen LogP contribution in [0.2, 0.25) is 5.02 Å². The molecule has 0 amide bonds. The van der Waals surface area contributed by atoms with E-state index in [1.165, 1.54) is 11.0 Å². The van der Waals surface area contributed by atoms with Crippen molar-refractivity contribution in [1.82, 2.24) is 0 Å². The summed E-state index contributed by atoms with van der Waals surface area (Å²) in [6.45, 7) is 2.10. The molecule has 0 aliphatic carbocycles. The van der Waals surface area contributed by atoms with Gasteiger partial charge in [-0.05, 0) is 41.1 Å². The smallest absolute Gasteiger partial charge is 0.141 e. The lowest BCUT2D eigenvalue weighted by atomic mass is 10.0. The number of hydrogen-bond acceptors (Lipinski definition) is 2. The molecule has 0 saturated carbocycles. The molecule has 1 N–H and O–H groups in total. The predicted octanol–water partition coefficient (Wildman–Crippen LogP) is 4.87. The highest BCUT2D eigenvalue weighted by Crippen LogP contribution is 2.24. The quantitative estimate of drug-likeness (QED) is 0.795. The Morgan fingerprint density at radius 2 is 1.90 bits per heavy atom.